The Labute approximate surface area is 98.5 Å². The normalized spacial score (nSPS) is 37.7. The maximum absolute atomic E-state index is 10.7. The zero-order valence-electron chi connectivity index (χ0n) is 10.7. The van der Waals surface area contributed by atoms with Crippen molar-refractivity contribution in [3.05, 3.63) is 0 Å². The molecule has 0 bridgehead atoms. The Hall–Kier alpha value is -0.120. The van der Waals surface area contributed by atoms with Gasteiger partial charge in [-0.3, -0.25) is 0 Å². The largest absolute Gasteiger partial charge is 0.394 e. The second-order valence-electron chi connectivity index (χ2n) is 5.88. The molecule has 3 N–H and O–H groups in total. The molecule has 0 aromatic carbocycles. The highest BCUT2D eigenvalue weighted by molar-refractivity contribution is 4.94. The van der Waals surface area contributed by atoms with E-state index in [4.69, 9.17) is 5.11 Å². The Morgan fingerprint density at radius 1 is 1.31 bits per heavy atom. The Kier molecular flexibility index (Phi) is 4.77. The molecule has 0 amide bonds. The third-order valence-electron chi connectivity index (χ3n) is 3.97. The molecule has 16 heavy (non-hydrogen) atoms. The standard InChI is InChI=1S/C13H26O3/c1-9(2)12-5-4-10(3)6-13(12,16)7-11(15)8-14/h9-12,14-16H,4-8H2,1-3H3/t10-,11?,12+,13-/m1/s1. The van der Waals surface area contributed by atoms with Crippen LogP contribution in [0.1, 0.15) is 46.5 Å². The van der Waals surface area contributed by atoms with Crippen LogP contribution in [-0.2, 0) is 0 Å². The molecule has 1 aliphatic rings. The minimum absolute atomic E-state index is 0.241. The van der Waals surface area contributed by atoms with Gasteiger partial charge in [0, 0.05) is 6.42 Å². The van der Waals surface area contributed by atoms with Gasteiger partial charge in [-0.1, -0.05) is 27.2 Å². The lowest BCUT2D eigenvalue weighted by Gasteiger charge is -2.45. The number of hydrogen-bond acceptors (Lipinski definition) is 3. The van der Waals surface area contributed by atoms with E-state index in [1.807, 2.05) is 0 Å². The fourth-order valence-corrected chi connectivity index (χ4v) is 3.25. The van der Waals surface area contributed by atoms with Crippen molar-refractivity contribution < 1.29 is 15.3 Å². The molecule has 96 valence electrons. The van der Waals surface area contributed by atoms with Crippen molar-refractivity contribution in [2.24, 2.45) is 17.8 Å². The highest BCUT2D eigenvalue weighted by atomic mass is 16.3. The maximum Gasteiger partial charge on any atom is 0.0798 e. The Bertz CT molecular complexity index is 217. The zero-order chi connectivity index (χ0) is 12.3. The molecule has 3 heteroatoms. The van der Waals surface area contributed by atoms with E-state index >= 15 is 0 Å². The van der Waals surface area contributed by atoms with Crippen molar-refractivity contribution >= 4 is 0 Å². The number of hydrogen-bond donors (Lipinski definition) is 3. The average molecular weight is 230 g/mol. The van der Waals surface area contributed by atoms with Gasteiger partial charge in [0.25, 0.3) is 0 Å². The molecule has 1 saturated carbocycles. The van der Waals surface area contributed by atoms with E-state index < -0.39 is 11.7 Å². The van der Waals surface area contributed by atoms with Gasteiger partial charge in [-0.05, 0) is 30.6 Å². The molecule has 0 aromatic heterocycles. The first-order valence-corrected chi connectivity index (χ1v) is 6.40. The Balaban J connectivity index is 2.75. The zero-order valence-corrected chi connectivity index (χ0v) is 10.7. The van der Waals surface area contributed by atoms with Gasteiger partial charge in [0.1, 0.15) is 0 Å². The van der Waals surface area contributed by atoms with Crippen LogP contribution in [0.25, 0.3) is 0 Å². The average Bonchev–Trinajstić information content (AvgIpc) is 2.15. The highest BCUT2D eigenvalue weighted by Crippen LogP contribution is 2.43. The first-order chi connectivity index (χ1) is 7.39. The summed E-state index contributed by atoms with van der Waals surface area (Å²) in [5.41, 5.74) is -0.798. The Morgan fingerprint density at radius 2 is 1.94 bits per heavy atom. The molecule has 1 aliphatic carbocycles. The van der Waals surface area contributed by atoms with Crippen molar-refractivity contribution in [1.82, 2.24) is 0 Å². The molecule has 0 aliphatic heterocycles. The highest BCUT2D eigenvalue weighted by Gasteiger charge is 2.43. The van der Waals surface area contributed by atoms with E-state index in [9.17, 15) is 10.2 Å². The van der Waals surface area contributed by atoms with E-state index in [0.29, 0.717) is 18.3 Å². The third-order valence-corrected chi connectivity index (χ3v) is 3.97. The van der Waals surface area contributed by atoms with E-state index in [2.05, 4.69) is 20.8 Å². The second kappa shape index (κ2) is 5.48. The van der Waals surface area contributed by atoms with Crippen LogP contribution in [0.4, 0.5) is 0 Å². The van der Waals surface area contributed by atoms with Crippen LogP contribution < -0.4 is 0 Å². The minimum atomic E-state index is -0.798. The molecular weight excluding hydrogens is 204 g/mol. The predicted octanol–water partition coefficient (Wildman–Crippen LogP) is 1.55. The second-order valence-corrected chi connectivity index (χ2v) is 5.88. The first-order valence-electron chi connectivity index (χ1n) is 6.40. The van der Waals surface area contributed by atoms with E-state index in [1.165, 1.54) is 0 Å². The summed E-state index contributed by atoms with van der Waals surface area (Å²) in [6.45, 7) is 6.13. The smallest absolute Gasteiger partial charge is 0.0798 e. The summed E-state index contributed by atoms with van der Waals surface area (Å²) in [6.07, 6.45) is 2.42. The van der Waals surface area contributed by atoms with Crippen LogP contribution in [0, 0.1) is 17.8 Å². The van der Waals surface area contributed by atoms with Crippen LogP contribution in [0.15, 0.2) is 0 Å². The molecular formula is C13H26O3. The van der Waals surface area contributed by atoms with E-state index in [-0.39, 0.29) is 12.5 Å². The fraction of sp³-hybridized carbons (Fsp3) is 1.00. The summed E-state index contributed by atoms with van der Waals surface area (Å²) in [6, 6.07) is 0. The monoisotopic (exact) mass is 230 g/mol. The molecule has 0 radical (unpaired) electrons. The SMILES string of the molecule is CC(C)[C@@H]1CC[C@@H](C)C[C@@]1(O)CC(O)CO. The molecule has 0 spiro atoms. The van der Waals surface area contributed by atoms with E-state index in [1.54, 1.807) is 0 Å². The van der Waals surface area contributed by atoms with Gasteiger partial charge in [-0.2, -0.15) is 0 Å². The molecule has 1 rings (SSSR count). The molecule has 0 heterocycles. The van der Waals surface area contributed by atoms with Crippen LogP contribution in [0.2, 0.25) is 0 Å². The predicted molar refractivity (Wildman–Crippen MR) is 64.0 cm³/mol. The van der Waals surface area contributed by atoms with Gasteiger partial charge >= 0.3 is 0 Å². The summed E-state index contributed by atoms with van der Waals surface area (Å²) < 4.78 is 0. The van der Waals surface area contributed by atoms with Crippen LogP contribution >= 0.6 is 0 Å². The van der Waals surface area contributed by atoms with Gasteiger partial charge in [-0.15, -0.1) is 0 Å². The molecule has 1 fully saturated rings. The van der Waals surface area contributed by atoms with Crippen LogP contribution in [-0.4, -0.2) is 33.6 Å². The van der Waals surface area contributed by atoms with Crippen molar-refractivity contribution in [2.75, 3.05) is 6.61 Å². The molecule has 0 saturated heterocycles. The van der Waals surface area contributed by atoms with Crippen LogP contribution in [0.3, 0.4) is 0 Å². The van der Waals surface area contributed by atoms with Crippen molar-refractivity contribution in [3.8, 4) is 0 Å². The Morgan fingerprint density at radius 3 is 2.44 bits per heavy atom. The number of aliphatic hydroxyl groups excluding tert-OH is 2. The number of rotatable bonds is 4. The van der Waals surface area contributed by atoms with Gasteiger partial charge in [0.15, 0.2) is 0 Å². The summed E-state index contributed by atoms with van der Waals surface area (Å²) in [5.74, 6) is 1.17. The minimum Gasteiger partial charge on any atom is -0.394 e. The van der Waals surface area contributed by atoms with Gasteiger partial charge < -0.3 is 15.3 Å². The van der Waals surface area contributed by atoms with Crippen molar-refractivity contribution in [2.45, 2.75) is 58.2 Å². The topological polar surface area (TPSA) is 60.7 Å². The summed E-state index contributed by atoms with van der Waals surface area (Å²) in [4.78, 5) is 0. The molecule has 4 atom stereocenters. The van der Waals surface area contributed by atoms with Crippen molar-refractivity contribution in [1.29, 1.82) is 0 Å². The fourth-order valence-electron chi connectivity index (χ4n) is 3.25. The molecule has 1 unspecified atom stereocenters. The lowest BCUT2D eigenvalue weighted by Crippen LogP contribution is -2.48. The maximum atomic E-state index is 10.7. The summed E-state index contributed by atoms with van der Waals surface area (Å²) >= 11 is 0. The van der Waals surface area contributed by atoms with E-state index in [0.717, 1.165) is 19.3 Å². The van der Waals surface area contributed by atoms with Crippen molar-refractivity contribution in [3.63, 3.8) is 0 Å². The van der Waals surface area contributed by atoms with Gasteiger partial charge in [0.2, 0.25) is 0 Å². The lowest BCUT2D eigenvalue weighted by molar-refractivity contribution is -0.111. The first kappa shape index (κ1) is 13.9. The van der Waals surface area contributed by atoms with Gasteiger partial charge in [0.05, 0.1) is 18.3 Å². The summed E-state index contributed by atoms with van der Waals surface area (Å²) in [7, 11) is 0. The lowest BCUT2D eigenvalue weighted by atomic mass is 9.65. The quantitative estimate of drug-likeness (QED) is 0.687. The third kappa shape index (κ3) is 3.19. The summed E-state index contributed by atoms with van der Waals surface area (Å²) in [5, 5.41) is 29.2. The van der Waals surface area contributed by atoms with Gasteiger partial charge in [-0.25, -0.2) is 0 Å². The van der Waals surface area contributed by atoms with Crippen LogP contribution in [0.5, 0.6) is 0 Å². The molecule has 3 nitrogen and oxygen atoms in total. The number of aliphatic hydroxyl groups is 3. The molecule has 0 aromatic rings.